The third-order valence-corrected chi connectivity index (χ3v) is 5.04. The summed E-state index contributed by atoms with van der Waals surface area (Å²) in [6.45, 7) is 6.04. The van der Waals surface area contributed by atoms with Gasteiger partial charge in [-0.15, -0.1) is 0 Å². The van der Waals surface area contributed by atoms with Gasteiger partial charge in [0.25, 0.3) is 0 Å². The van der Waals surface area contributed by atoms with Gasteiger partial charge in [-0.1, -0.05) is 0 Å². The Labute approximate surface area is 144 Å². The first-order valence-electron chi connectivity index (χ1n) is 9.02. The fraction of sp³-hybridized carbons (Fsp3) is 0.722. The van der Waals surface area contributed by atoms with E-state index in [0.717, 1.165) is 62.8 Å². The summed E-state index contributed by atoms with van der Waals surface area (Å²) in [5, 5.41) is 0. The maximum atomic E-state index is 11.9. The summed E-state index contributed by atoms with van der Waals surface area (Å²) in [6.07, 6.45) is 5.57. The van der Waals surface area contributed by atoms with E-state index in [1.807, 2.05) is 11.8 Å². The summed E-state index contributed by atoms with van der Waals surface area (Å²) < 4.78 is 4.94. The topological polar surface area (TPSA) is 58.6 Å². The van der Waals surface area contributed by atoms with E-state index >= 15 is 0 Å². The van der Waals surface area contributed by atoms with E-state index in [1.54, 1.807) is 7.11 Å². The smallest absolute Gasteiger partial charge is 0.248 e. The molecule has 2 aliphatic heterocycles. The molecule has 3 rings (SSSR count). The second kappa shape index (κ2) is 7.92. The normalized spacial score (nSPS) is 19.1. The molecule has 2 fully saturated rings. The lowest BCUT2D eigenvalue weighted by Crippen LogP contribution is -2.40. The minimum Gasteiger partial charge on any atom is -0.375 e. The van der Waals surface area contributed by atoms with E-state index in [9.17, 15) is 4.79 Å². The van der Waals surface area contributed by atoms with Crippen LogP contribution in [0.5, 0.6) is 0 Å². The van der Waals surface area contributed by atoms with Crippen molar-refractivity contribution >= 4 is 11.7 Å². The summed E-state index contributed by atoms with van der Waals surface area (Å²) in [5.41, 5.74) is 1.14. The molecule has 1 amide bonds. The van der Waals surface area contributed by atoms with Gasteiger partial charge in [-0.3, -0.25) is 4.79 Å². The summed E-state index contributed by atoms with van der Waals surface area (Å²) in [6, 6.07) is 2.17. The summed E-state index contributed by atoms with van der Waals surface area (Å²) in [4.78, 5) is 25.4. The quantitative estimate of drug-likeness (QED) is 0.823. The van der Waals surface area contributed by atoms with Crippen LogP contribution in [0.2, 0.25) is 0 Å². The average molecular weight is 332 g/mol. The Bertz CT molecular complexity index is 564. The maximum Gasteiger partial charge on any atom is 0.248 e. The highest BCUT2D eigenvalue weighted by Gasteiger charge is 2.24. The molecular weight excluding hydrogens is 304 g/mol. The minimum absolute atomic E-state index is 0.102. The Balaban J connectivity index is 1.58. The summed E-state index contributed by atoms with van der Waals surface area (Å²) in [5.74, 6) is 2.65. The number of carbonyl (C=O) groups is 1. The monoisotopic (exact) mass is 332 g/mol. The largest absolute Gasteiger partial charge is 0.375 e. The van der Waals surface area contributed by atoms with Crippen molar-refractivity contribution in [2.24, 2.45) is 5.92 Å². The molecule has 1 aromatic heterocycles. The van der Waals surface area contributed by atoms with Gasteiger partial charge in [-0.05, 0) is 44.9 Å². The predicted molar refractivity (Wildman–Crippen MR) is 93.1 cm³/mol. The van der Waals surface area contributed by atoms with Crippen LogP contribution < -0.4 is 4.90 Å². The number of carbonyl (C=O) groups excluding carboxylic acids is 1. The molecule has 0 bridgehead atoms. The number of aryl methyl sites for hydroxylation is 1. The number of hydrogen-bond donors (Lipinski definition) is 0. The molecule has 0 spiro atoms. The van der Waals surface area contributed by atoms with Crippen molar-refractivity contribution in [1.29, 1.82) is 0 Å². The van der Waals surface area contributed by atoms with Gasteiger partial charge < -0.3 is 14.5 Å². The standard InChI is InChI=1S/C18H28N4O2/c1-14-19-16(12-17(20-14)21-7-3-4-8-21)11-15-5-9-22(10-6-15)18(23)13-24-2/h12,15H,3-11,13H2,1-2H3. The van der Waals surface area contributed by atoms with Gasteiger partial charge in [0.2, 0.25) is 5.91 Å². The maximum absolute atomic E-state index is 11.9. The molecule has 24 heavy (non-hydrogen) atoms. The second-order valence-electron chi connectivity index (χ2n) is 6.92. The molecule has 0 atom stereocenters. The Kier molecular flexibility index (Phi) is 5.66. The second-order valence-corrected chi connectivity index (χ2v) is 6.92. The predicted octanol–water partition coefficient (Wildman–Crippen LogP) is 1.81. The van der Waals surface area contributed by atoms with E-state index < -0.39 is 0 Å². The first kappa shape index (κ1) is 17.1. The molecule has 6 nitrogen and oxygen atoms in total. The number of aromatic nitrogens is 2. The molecule has 0 radical (unpaired) electrons. The van der Waals surface area contributed by atoms with Gasteiger partial charge in [0.05, 0.1) is 0 Å². The molecule has 0 aromatic carbocycles. The lowest BCUT2D eigenvalue weighted by molar-refractivity contribution is -0.136. The number of nitrogens with zero attached hydrogens (tertiary/aromatic N) is 4. The molecule has 2 aliphatic rings. The fourth-order valence-electron chi connectivity index (χ4n) is 3.72. The van der Waals surface area contributed by atoms with Gasteiger partial charge in [0.1, 0.15) is 18.2 Å². The number of piperidine rings is 1. The minimum atomic E-state index is 0.102. The molecule has 3 heterocycles. The van der Waals surface area contributed by atoms with Crippen molar-refractivity contribution in [1.82, 2.24) is 14.9 Å². The number of amides is 1. The Morgan fingerprint density at radius 2 is 1.92 bits per heavy atom. The van der Waals surface area contributed by atoms with Crippen molar-refractivity contribution in [2.45, 2.75) is 39.0 Å². The number of methoxy groups -OCH3 is 1. The van der Waals surface area contributed by atoms with E-state index in [1.165, 1.54) is 12.8 Å². The Morgan fingerprint density at radius 3 is 2.58 bits per heavy atom. The highest BCUT2D eigenvalue weighted by atomic mass is 16.5. The first-order valence-corrected chi connectivity index (χ1v) is 9.02. The van der Waals surface area contributed by atoms with Crippen molar-refractivity contribution in [3.63, 3.8) is 0 Å². The zero-order valence-electron chi connectivity index (χ0n) is 14.8. The van der Waals surface area contributed by atoms with Crippen LogP contribution in [0, 0.1) is 12.8 Å². The van der Waals surface area contributed by atoms with E-state index in [2.05, 4.69) is 20.9 Å². The van der Waals surface area contributed by atoms with Gasteiger partial charge in [-0.25, -0.2) is 9.97 Å². The third kappa shape index (κ3) is 4.23. The van der Waals surface area contributed by atoms with Crippen LogP contribution in [0.3, 0.4) is 0 Å². The first-order chi connectivity index (χ1) is 11.7. The van der Waals surface area contributed by atoms with Crippen LogP contribution in [0.1, 0.15) is 37.2 Å². The zero-order chi connectivity index (χ0) is 16.9. The molecule has 6 heteroatoms. The van der Waals surface area contributed by atoms with Crippen LogP contribution in [0.4, 0.5) is 5.82 Å². The number of hydrogen-bond acceptors (Lipinski definition) is 5. The highest BCUT2D eigenvalue weighted by molar-refractivity contribution is 5.77. The van der Waals surface area contributed by atoms with Gasteiger partial charge in [-0.2, -0.15) is 0 Å². The molecular formula is C18H28N4O2. The molecule has 132 valence electrons. The summed E-state index contributed by atoms with van der Waals surface area (Å²) >= 11 is 0. The SMILES string of the molecule is COCC(=O)N1CCC(Cc2cc(N3CCCC3)nc(C)n2)CC1. The van der Waals surface area contributed by atoms with E-state index in [-0.39, 0.29) is 12.5 Å². The number of likely N-dealkylation sites (tertiary alicyclic amines) is 1. The lowest BCUT2D eigenvalue weighted by Gasteiger charge is -2.32. The average Bonchev–Trinajstić information content (AvgIpc) is 3.10. The van der Waals surface area contributed by atoms with E-state index in [0.29, 0.717) is 5.92 Å². The van der Waals surface area contributed by atoms with Crippen LogP contribution in [0.25, 0.3) is 0 Å². The van der Waals surface area contributed by atoms with Crippen LogP contribution in [-0.2, 0) is 16.0 Å². The van der Waals surface area contributed by atoms with Crippen molar-refractivity contribution in [3.8, 4) is 0 Å². The van der Waals surface area contributed by atoms with Gasteiger partial charge >= 0.3 is 0 Å². The lowest BCUT2D eigenvalue weighted by atomic mass is 9.92. The molecule has 0 saturated carbocycles. The molecule has 0 unspecified atom stereocenters. The van der Waals surface area contributed by atoms with Gasteiger partial charge in [0.15, 0.2) is 0 Å². The third-order valence-electron chi connectivity index (χ3n) is 5.04. The number of anilines is 1. The van der Waals surface area contributed by atoms with Crippen molar-refractivity contribution < 1.29 is 9.53 Å². The molecule has 2 saturated heterocycles. The number of rotatable bonds is 5. The fourth-order valence-corrected chi connectivity index (χ4v) is 3.72. The van der Waals surface area contributed by atoms with Crippen LogP contribution >= 0.6 is 0 Å². The Hall–Kier alpha value is -1.69. The number of ether oxygens (including phenoxy) is 1. The van der Waals surface area contributed by atoms with Crippen molar-refractivity contribution in [3.05, 3.63) is 17.6 Å². The van der Waals surface area contributed by atoms with E-state index in [4.69, 9.17) is 4.74 Å². The molecule has 1 aromatic rings. The summed E-state index contributed by atoms with van der Waals surface area (Å²) in [7, 11) is 1.57. The molecule has 0 N–H and O–H groups in total. The zero-order valence-corrected chi connectivity index (χ0v) is 14.8. The van der Waals surface area contributed by atoms with Gasteiger partial charge in [0, 0.05) is 45.0 Å². The van der Waals surface area contributed by atoms with Crippen molar-refractivity contribution in [2.75, 3.05) is 44.8 Å². The highest BCUT2D eigenvalue weighted by Crippen LogP contribution is 2.24. The van der Waals surface area contributed by atoms with Crippen LogP contribution in [-0.4, -0.2) is 60.7 Å². The van der Waals surface area contributed by atoms with Crippen LogP contribution in [0.15, 0.2) is 6.07 Å². The molecule has 0 aliphatic carbocycles. The Morgan fingerprint density at radius 1 is 1.21 bits per heavy atom.